The molecule has 0 amide bonds. The Morgan fingerprint density at radius 2 is 2.00 bits per heavy atom. The van der Waals surface area contributed by atoms with E-state index < -0.39 is 5.60 Å². The van der Waals surface area contributed by atoms with E-state index in [0.29, 0.717) is 6.04 Å². The molecule has 0 aliphatic carbocycles. The number of aliphatic hydroxyl groups is 1. The Labute approximate surface area is 70.0 Å². The minimum absolute atomic E-state index is 0.510. The summed E-state index contributed by atoms with van der Waals surface area (Å²) in [4.78, 5) is 0. The summed E-state index contributed by atoms with van der Waals surface area (Å²) in [6.45, 7) is 5.87. The van der Waals surface area contributed by atoms with Gasteiger partial charge in [-0.3, -0.25) is 0 Å². The third-order valence-corrected chi connectivity index (χ3v) is 2.01. The van der Waals surface area contributed by atoms with Gasteiger partial charge in [0.2, 0.25) is 0 Å². The highest BCUT2D eigenvalue weighted by Crippen LogP contribution is 2.13. The van der Waals surface area contributed by atoms with Crippen molar-refractivity contribution in [1.82, 2.24) is 5.32 Å². The smallest absolute Gasteiger partial charge is 0.0592 e. The molecule has 0 bridgehead atoms. The van der Waals surface area contributed by atoms with Gasteiger partial charge in [-0.2, -0.15) is 0 Å². The highest BCUT2D eigenvalue weighted by Gasteiger charge is 2.14. The van der Waals surface area contributed by atoms with Crippen molar-refractivity contribution >= 4 is 0 Å². The van der Waals surface area contributed by atoms with Crippen LogP contribution >= 0.6 is 0 Å². The maximum absolute atomic E-state index is 9.43. The number of nitrogens with one attached hydrogen (secondary N) is 1. The fourth-order valence-corrected chi connectivity index (χ4v) is 1.08. The summed E-state index contributed by atoms with van der Waals surface area (Å²) < 4.78 is 0. The maximum atomic E-state index is 9.43. The normalized spacial score (nSPS) is 15.0. The lowest BCUT2D eigenvalue weighted by Crippen LogP contribution is -2.28. The Morgan fingerprint density at radius 1 is 1.45 bits per heavy atom. The fourth-order valence-electron chi connectivity index (χ4n) is 1.08. The van der Waals surface area contributed by atoms with Crippen molar-refractivity contribution in [2.45, 2.75) is 51.7 Å². The van der Waals surface area contributed by atoms with Crippen molar-refractivity contribution in [3.63, 3.8) is 0 Å². The minimum Gasteiger partial charge on any atom is -0.390 e. The topological polar surface area (TPSA) is 32.3 Å². The molecule has 2 heteroatoms. The fraction of sp³-hybridized carbons (Fsp3) is 1.00. The summed E-state index contributed by atoms with van der Waals surface area (Å²) >= 11 is 0. The summed E-state index contributed by atoms with van der Waals surface area (Å²) in [5.41, 5.74) is -0.510. The summed E-state index contributed by atoms with van der Waals surface area (Å²) in [6.07, 6.45) is 3.05. The van der Waals surface area contributed by atoms with Crippen LogP contribution in [0.3, 0.4) is 0 Å². The lowest BCUT2D eigenvalue weighted by molar-refractivity contribution is 0.0656. The molecule has 2 nitrogen and oxygen atoms in total. The number of rotatable bonds is 5. The zero-order valence-corrected chi connectivity index (χ0v) is 8.15. The summed E-state index contributed by atoms with van der Waals surface area (Å²) in [5.74, 6) is 0. The molecule has 0 spiro atoms. The van der Waals surface area contributed by atoms with Crippen LogP contribution in [0.5, 0.6) is 0 Å². The average Bonchev–Trinajstić information content (AvgIpc) is 1.88. The Balaban J connectivity index is 3.51. The molecule has 0 aliphatic heterocycles. The van der Waals surface area contributed by atoms with Crippen LogP contribution in [-0.2, 0) is 0 Å². The van der Waals surface area contributed by atoms with Gasteiger partial charge in [0.15, 0.2) is 0 Å². The summed E-state index contributed by atoms with van der Waals surface area (Å²) in [5, 5.41) is 12.6. The molecule has 11 heavy (non-hydrogen) atoms. The Bertz CT molecular complexity index is 92.2. The molecule has 0 rings (SSSR count). The second-order valence-corrected chi connectivity index (χ2v) is 3.74. The van der Waals surface area contributed by atoms with E-state index in [2.05, 4.69) is 12.2 Å². The molecule has 68 valence electrons. The lowest BCUT2D eigenvalue weighted by atomic mass is 9.98. The predicted octanol–water partition coefficient (Wildman–Crippen LogP) is 1.54. The van der Waals surface area contributed by atoms with E-state index in [9.17, 15) is 5.11 Å². The molecule has 0 saturated carbocycles. The van der Waals surface area contributed by atoms with E-state index in [1.165, 1.54) is 0 Å². The van der Waals surface area contributed by atoms with Crippen molar-refractivity contribution in [3.8, 4) is 0 Å². The van der Waals surface area contributed by atoms with Crippen LogP contribution in [-0.4, -0.2) is 23.8 Å². The first kappa shape index (κ1) is 10.9. The molecular weight excluding hydrogens is 138 g/mol. The zero-order chi connectivity index (χ0) is 8.91. The monoisotopic (exact) mass is 159 g/mol. The standard InChI is InChI=1S/C9H21NO/c1-5-8(10-4)6-7-9(2,3)11/h8,10-11H,5-7H2,1-4H3. The van der Waals surface area contributed by atoms with Crippen LogP contribution in [0, 0.1) is 0 Å². The molecule has 0 radical (unpaired) electrons. The largest absolute Gasteiger partial charge is 0.390 e. The molecule has 0 aromatic carbocycles. The molecule has 2 N–H and O–H groups in total. The van der Waals surface area contributed by atoms with Crippen molar-refractivity contribution in [2.75, 3.05) is 7.05 Å². The van der Waals surface area contributed by atoms with Crippen LogP contribution < -0.4 is 5.32 Å². The molecule has 0 heterocycles. The van der Waals surface area contributed by atoms with E-state index in [4.69, 9.17) is 0 Å². The van der Waals surface area contributed by atoms with Crippen LogP contribution in [0.25, 0.3) is 0 Å². The van der Waals surface area contributed by atoms with E-state index in [1.807, 2.05) is 20.9 Å². The van der Waals surface area contributed by atoms with Crippen LogP contribution in [0.2, 0.25) is 0 Å². The van der Waals surface area contributed by atoms with Gasteiger partial charge in [0.05, 0.1) is 5.60 Å². The van der Waals surface area contributed by atoms with Gasteiger partial charge >= 0.3 is 0 Å². The van der Waals surface area contributed by atoms with E-state index in [1.54, 1.807) is 0 Å². The van der Waals surface area contributed by atoms with Gasteiger partial charge in [-0.15, -0.1) is 0 Å². The van der Waals surface area contributed by atoms with E-state index in [-0.39, 0.29) is 0 Å². The lowest BCUT2D eigenvalue weighted by Gasteiger charge is -2.20. The maximum Gasteiger partial charge on any atom is 0.0592 e. The summed E-state index contributed by atoms with van der Waals surface area (Å²) in [6, 6.07) is 0.557. The molecule has 1 atom stereocenters. The Morgan fingerprint density at radius 3 is 2.27 bits per heavy atom. The van der Waals surface area contributed by atoms with Gasteiger partial charge in [-0.25, -0.2) is 0 Å². The first-order chi connectivity index (χ1) is 4.99. The van der Waals surface area contributed by atoms with E-state index in [0.717, 1.165) is 19.3 Å². The highest BCUT2D eigenvalue weighted by molar-refractivity contribution is 4.70. The zero-order valence-electron chi connectivity index (χ0n) is 8.15. The SMILES string of the molecule is CCC(CCC(C)(C)O)NC. The molecule has 0 fully saturated rings. The van der Waals surface area contributed by atoms with Gasteiger partial charge < -0.3 is 10.4 Å². The molecule has 0 aromatic heterocycles. The predicted molar refractivity (Wildman–Crippen MR) is 48.7 cm³/mol. The molecule has 0 saturated heterocycles. The van der Waals surface area contributed by atoms with Crippen molar-refractivity contribution in [2.24, 2.45) is 0 Å². The molecular formula is C9H21NO. The van der Waals surface area contributed by atoms with Gasteiger partial charge in [-0.1, -0.05) is 6.92 Å². The molecule has 1 unspecified atom stereocenters. The van der Waals surface area contributed by atoms with Crippen molar-refractivity contribution in [3.05, 3.63) is 0 Å². The van der Waals surface area contributed by atoms with Gasteiger partial charge in [-0.05, 0) is 40.2 Å². The second-order valence-electron chi connectivity index (χ2n) is 3.74. The van der Waals surface area contributed by atoms with Crippen LogP contribution in [0.1, 0.15) is 40.0 Å². The summed E-state index contributed by atoms with van der Waals surface area (Å²) in [7, 11) is 1.97. The van der Waals surface area contributed by atoms with Crippen molar-refractivity contribution in [1.29, 1.82) is 0 Å². The van der Waals surface area contributed by atoms with Gasteiger partial charge in [0.25, 0.3) is 0 Å². The van der Waals surface area contributed by atoms with Crippen molar-refractivity contribution < 1.29 is 5.11 Å². The first-order valence-corrected chi connectivity index (χ1v) is 4.39. The molecule has 0 aliphatic rings. The number of hydrogen-bond donors (Lipinski definition) is 2. The van der Waals surface area contributed by atoms with Gasteiger partial charge in [0, 0.05) is 6.04 Å². The first-order valence-electron chi connectivity index (χ1n) is 4.39. The van der Waals surface area contributed by atoms with Gasteiger partial charge in [0.1, 0.15) is 0 Å². The molecule has 0 aromatic rings. The average molecular weight is 159 g/mol. The Hall–Kier alpha value is -0.0800. The third kappa shape index (κ3) is 6.32. The van der Waals surface area contributed by atoms with Crippen LogP contribution in [0.4, 0.5) is 0 Å². The minimum atomic E-state index is -0.510. The third-order valence-electron chi connectivity index (χ3n) is 2.01. The quantitative estimate of drug-likeness (QED) is 0.637. The van der Waals surface area contributed by atoms with E-state index >= 15 is 0 Å². The Kier molecular flexibility index (Phi) is 4.69. The second kappa shape index (κ2) is 4.73. The van der Waals surface area contributed by atoms with Crippen LogP contribution in [0.15, 0.2) is 0 Å². The highest BCUT2D eigenvalue weighted by atomic mass is 16.3. The number of hydrogen-bond acceptors (Lipinski definition) is 2.